The van der Waals surface area contributed by atoms with Crippen LogP contribution in [-0.4, -0.2) is 60.1 Å². The highest BCUT2D eigenvalue weighted by Gasteiger charge is 2.47. The van der Waals surface area contributed by atoms with E-state index in [1.807, 2.05) is 6.07 Å². The summed E-state index contributed by atoms with van der Waals surface area (Å²) in [6.45, 7) is 1.71. The van der Waals surface area contributed by atoms with E-state index in [9.17, 15) is 32.7 Å². The third-order valence-corrected chi connectivity index (χ3v) is 10.4. The van der Waals surface area contributed by atoms with Crippen molar-refractivity contribution in [3.05, 3.63) is 136 Å². The highest BCUT2D eigenvalue weighted by molar-refractivity contribution is 8.00. The Kier molecular flexibility index (Phi) is 14.6. The number of halogens is 3. The van der Waals surface area contributed by atoms with Crippen molar-refractivity contribution in [3.63, 3.8) is 0 Å². The Morgan fingerprint density at radius 1 is 1.12 bits per heavy atom. The summed E-state index contributed by atoms with van der Waals surface area (Å²) >= 11 is 1.17. The van der Waals surface area contributed by atoms with E-state index in [2.05, 4.69) is 14.6 Å². The number of nitriles is 1. The van der Waals surface area contributed by atoms with Gasteiger partial charge in [0, 0.05) is 36.1 Å². The molecule has 1 saturated heterocycles. The van der Waals surface area contributed by atoms with Gasteiger partial charge in [-0.15, -0.1) is 11.8 Å². The van der Waals surface area contributed by atoms with Crippen molar-refractivity contribution in [2.45, 2.75) is 62.6 Å². The van der Waals surface area contributed by atoms with E-state index in [1.54, 1.807) is 25.2 Å². The molecule has 0 spiro atoms. The lowest BCUT2D eigenvalue weighted by molar-refractivity contribution is -0.161. The van der Waals surface area contributed by atoms with E-state index in [4.69, 9.17) is 24.2 Å². The number of rotatable bonds is 16. The van der Waals surface area contributed by atoms with Crippen LogP contribution in [0.15, 0.2) is 85.5 Å². The monoisotopic (exact) mass is 828 g/mol. The van der Waals surface area contributed by atoms with Crippen molar-refractivity contribution in [1.29, 1.82) is 5.26 Å². The number of esters is 2. The van der Waals surface area contributed by atoms with Gasteiger partial charge >= 0.3 is 19.8 Å². The normalized spacial score (nSPS) is 17.6. The van der Waals surface area contributed by atoms with Crippen LogP contribution in [0.25, 0.3) is 6.08 Å². The summed E-state index contributed by atoms with van der Waals surface area (Å²) in [5.41, 5.74) is -2.31. The minimum atomic E-state index is -4.91. The first kappa shape index (κ1) is 43.0. The number of phosphoric acid groups is 1. The van der Waals surface area contributed by atoms with Crippen LogP contribution in [0, 0.1) is 28.8 Å². The van der Waals surface area contributed by atoms with Crippen molar-refractivity contribution in [1.82, 2.24) is 14.8 Å². The predicted molar refractivity (Wildman–Crippen MR) is 198 cm³/mol. The number of phosphoric ester groups is 1. The van der Waals surface area contributed by atoms with Gasteiger partial charge in [0.05, 0.1) is 42.2 Å². The van der Waals surface area contributed by atoms with Crippen LogP contribution in [0.4, 0.5) is 13.2 Å². The molecular weight excluding hydrogens is 792 g/mol. The van der Waals surface area contributed by atoms with Gasteiger partial charge in [0.2, 0.25) is 0 Å². The minimum absolute atomic E-state index is 0.140. The molecule has 1 fully saturated rings. The maximum Gasteiger partial charge on any atom is 0.469 e. The molecule has 0 radical (unpaired) electrons. The third kappa shape index (κ3) is 11.9. The van der Waals surface area contributed by atoms with Crippen LogP contribution in [0.3, 0.4) is 0 Å². The molecule has 2 N–H and O–H groups in total. The summed E-state index contributed by atoms with van der Waals surface area (Å²) < 4.78 is 85.4. The van der Waals surface area contributed by atoms with Crippen LogP contribution < -0.4 is 0 Å². The molecule has 14 nitrogen and oxygen atoms in total. The number of carbonyl (C=O) groups excluding carboxylic acids is 2. The Morgan fingerprint density at radius 3 is 2.61 bits per heavy atom. The largest absolute Gasteiger partial charge is 0.469 e. The molecular formula is C38H36F3N4O10PS. The summed E-state index contributed by atoms with van der Waals surface area (Å²) in [6, 6.07) is 12.8. The number of aromatic nitrogens is 3. The average molecular weight is 829 g/mol. The van der Waals surface area contributed by atoms with Crippen molar-refractivity contribution < 1.29 is 60.6 Å². The van der Waals surface area contributed by atoms with E-state index < -0.39 is 73.0 Å². The fourth-order valence-corrected chi connectivity index (χ4v) is 7.35. The number of benzene rings is 3. The van der Waals surface area contributed by atoms with Gasteiger partial charge in [0.25, 0.3) is 0 Å². The summed E-state index contributed by atoms with van der Waals surface area (Å²) in [6.07, 6.45) is 8.27. The van der Waals surface area contributed by atoms with E-state index in [1.165, 1.54) is 65.5 Å². The second-order valence-electron chi connectivity index (χ2n) is 12.5. The molecule has 4 atom stereocenters. The summed E-state index contributed by atoms with van der Waals surface area (Å²) in [4.78, 5) is 48.6. The number of carbonyl (C=O) groups is 2. The van der Waals surface area contributed by atoms with Crippen molar-refractivity contribution in [2.24, 2.45) is 0 Å². The standard InChI is InChI=1S/C38H36F3N4O10PS/c1-24(57-36-13-14-51-35(54-36)6-4-3-5-28-9-7-26(18-42)16-33(28)40)38(21-45-23-43-22-44-45,32-12-11-30(39)17-34(32)41)55-37(47)31-15-27(19-53-56(48,49)50)8-10-29(31)20-52-25(2)46/h3-12,15-17,22-24,35-36H,13-14,19-21H2,1-2H3,(H2,48,49,50)/b5-3+,6-4+/t24-,35+,36?,38-/m1/s1. The van der Waals surface area contributed by atoms with Gasteiger partial charge in [-0.25, -0.2) is 32.2 Å². The molecule has 0 bridgehead atoms. The summed E-state index contributed by atoms with van der Waals surface area (Å²) in [5.74, 6) is -4.23. The number of nitrogens with zero attached hydrogens (tertiary/aromatic N) is 4. The highest BCUT2D eigenvalue weighted by Crippen LogP contribution is 2.44. The number of hydrogen-bond acceptors (Lipinski definition) is 12. The molecule has 1 aromatic heterocycles. The van der Waals surface area contributed by atoms with Gasteiger partial charge in [-0.05, 0) is 48.9 Å². The third-order valence-electron chi connectivity index (χ3n) is 8.47. The lowest BCUT2D eigenvalue weighted by Crippen LogP contribution is -2.47. The first-order valence-electron chi connectivity index (χ1n) is 17.1. The molecule has 0 saturated carbocycles. The summed E-state index contributed by atoms with van der Waals surface area (Å²) in [7, 11) is -4.91. The Bertz CT molecular complexity index is 2210. The van der Waals surface area contributed by atoms with Gasteiger partial charge in [-0.3, -0.25) is 9.32 Å². The molecule has 1 aliphatic heterocycles. The predicted octanol–water partition coefficient (Wildman–Crippen LogP) is 6.47. The molecule has 19 heteroatoms. The lowest BCUT2D eigenvalue weighted by atomic mass is 9.89. The molecule has 1 aliphatic rings. The zero-order valence-electron chi connectivity index (χ0n) is 30.4. The fourth-order valence-electron chi connectivity index (χ4n) is 5.70. The molecule has 4 aromatic rings. The van der Waals surface area contributed by atoms with E-state index >= 15 is 4.39 Å². The maximum absolute atomic E-state index is 16.0. The SMILES string of the molecule is CC(=O)OCc1ccc(COP(=O)(O)O)cc1C(=O)O[C@@](Cn1cncn1)(c1ccc(F)cc1F)[C@@H](C)SC1CCO[C@H](/C=C/C=C/c2ccc(C#N)cc2F)O1. The Hall–Kier alpha value is -5.12. The van der Waals surface area contributed by atoms with Gasteiger partial charge < -0.3 is 28.7 Å². The number of thioether (sulfide) groups is 1. The highest BCUT2D eigenvalue weighted by atomic mass is 32.2. The van der Waals surface area contributed by atoms with Crippen LogP contribution >= 0.6 is 19.6 Å². The fraction of sp³-hybridized carbons (Fsp3) is 0.289. The van der Waals surface area contributed by atoms with Crippen molar-refractivity contribution in [3.8, 4) is 6.07 Å². The van der Waals surface area contributed by atoms with Crippen LogP contribution in [0.5, 0.6) is 0 Å². The van der Waals surface area contributed by atoms with Crippen molar-refractivity contribution >= 4 is 37.6 Å². The molecule has 1 unspecified atom stereocenters. The second kappa shape index (κ2) is 19.4. The first-order chi connectivity index (χ1) is 27.2. The van der Waals surface area contributed by atoms with E-state index in [0.29, 0.717) is 12.5 Å². The average Bonchev–Trinajstić information content (AvgIpc) is 3.68. The van der Waals surface area contributed by atoms with Crippen LogP contribution in [-0.2, 0) is 58.2 Å². The van der Waals surface area contributed by atoms with Gasteiger partial charge in [0.1, 0.15) is 42.1 Å². The number of allylic oxidation sites excluding steroid dienone is 2. The minimum Gasteiger partial charge on any atom is -0.461 e. The maximum atomic E-state index is 16.0. The smallest absolute Gasteiger partial charge is 0.461 e. The van der Waals surface area contributed by atoms with Gasteiger partial charge in [-0.2, -0.15) is 10.4 Å². The Labute approximate surface area is 329 Å². The van der Waals surface area contributed by atoms with Gasteiger partial charge in [0.15, 0.2) is 11.9 Å². The molecule has 3 aromatic carbocycles. The molecule has 5 rings (SSSR count). The lowest BCUT2D eigenvalue weighted by Gasteiger charge is -2.41. The zero-order chi connectivity index (χ0) is 41.2. The van der Waals surface area contributed by atoms with E-state index in [0.717, 1.165) is 25.1 Å². The topological polar surface area (TPSA) is 192 Å². The Balaban J connectivity index is 1.47. The zero-order valence-corrected chi connectivity index (χ0v) is 32.1. The molecule has 0 amide bonds. The molecule has 2 heterocycles. The molecule has 300 valence electrons. The van der Waals surface area contributed by atoms with Crippen LogP contribution in [0.1, 0.15) is 58.4 Å². The Morgan fingerprint density at radius 2 is 1.93 bits per heavy atom. The first-order valence-corrected chi connectivity index (χ1v) is 19.6. The van der Waals surface area contributed by atoms with E-state index in [-0.39, 0.29) is 46.5 Å². The van der Waals surface area contributed by atoms with Crippen molar-refractivity contribution in [2.75, 3.05) is 6.61 Å². The van der Waals surface area contributed by atoms with Gasteiger partial charge in [-0.1, -0.05) is 36.4 Å². The number of hydrogen-bond donors (Lipinski definition) is 2. The quantitative estimate of drug-likeness (QED) is 0.0709. The molecule has 0 aliphatic carbocycles. The number of ether oxygens (including phenoxy) is 4. The molecule has 57 heavy (non-hydrogen) atoms. The van der Waals surface area contributed by atoms with Crippen LogP contribution in [0.2, 0.25) is 0 Å². The second-order valence-corrected chi connectivity index (χ2v) is 15.2. The summed E-state index contributed by atoms with van der Waals surface area (Å²) in [5, 5.41) is 12.2.